The van der Waals surface area contributed by atoms with E-state index in [4.69, 9.17) is 9.15 Å². The topological polar surface area (TPSA) is 121 Å². The van der Waals surface area contributed by atoms with Crippen molar-refractivity contribution in [2.24, 2.45) is 5.92 Å². The summed E-state index contributed by atoms with van der Waals surface area (Å²) >= 11 is 0. The minimum Gasteiger partial charge on any atom is -0.459 e. The molecule has 0 radical (unpaired) electrons. The number of carbonyl (C=O) groups excluding carboxylic acids is 3. The van der Waals surface area contributed by atoms with E-state index >= 15 is 0 Å². The number of nitriles is 1. The van der Waals surface area contributed by atoms with Gasteiger partial charge in [0, 0.05) is 0 Å². The van der Waals surface area contributed by atoms with Gasteiger partial charge in [-0.2, -0.15) is 5.26 Å². The molecule has 2 amide bonds. The Bertz CT molecular complexity index is 662. The molecule has 2 N–H and O–H groups in total. The molecule has 0 aromatic carbocycles. The second-order valence-corrected chi connectivity index (χ2v) is 6.21. The summed E-state index contributed by atoms with van der Waals surface area (Å²) < 4.78 is 9.98. The molecular formula is C17H23N3O5. The van der Waals surface area contributed by atoms with Gasteiger partial charge in [0.1, 0.15) is 11.6 Å². The van der Waals surface area contributed by atoms with Crippen molar-refractivity contribution in [1.29, 1.82) is 5.26 Å². The molecule has 0 aliphatic carbocycles. The number of nitrogens with zero attached hydrogens (tertiary/aromatic N) is 1. The molecule has 0 aliphatic rings. The zero-order valence-electron chi connectivity index (χ0n) is 15.0. The predicted octanol–water partition coefficient (Wildman–Crippen LogP) is 1.38. The lowest BCUT2D eigenvalue weighted by molar-refractivity contribution is -0.156. The van der Waals surface area contributed by atoms with Crippen LogP contribution in [0.5, 0.6) is 0 Å². The molecule has 1 aromatic rings. The fourth-order valence-electron chi connectivity index (χ4n) is 1.72. The normalized spacial score (nSPS) is 15.4. The first-order chi connectivity index (χ1) is 11.6. The summed E-state index contributed by atoms with van der Waals surface area (Å²) in [5.74, 6) is -1.99. The van der Waals surface area contributed by atoms with Crippen molar-refractivity contribution in [2.75, 3.05) is 0 Å². The van der Waals surface area contributed by atoms with Gasteiger partial charge in [0.05, 0.1) is 12.3 Å². The lowest BCUT2D eigenvalue weighted by atomic mass is 9.90. The Morgan fingerprint density at radius 1 is 1.28 bits per heavy atom. The second-order valence-electron chi connectivity index (χ2n) is 6.21. The van der Waals surface area contributed by atoms with Crippen LogP contribution < -0.4 is 10.6 Å². The van der Waals surface area contributed by atoms with Crippen LogP contribution in [0.2, 0.25) is 0 Å². The van der Waals surface area contributed by atoms with Crippen molar-refractivity contribution in [3.05, 3.63) is 24.2 Å². The lowest BCUT2D eigenvalue weighted by Gasteiger charge is -2.28. The summed E-state index contributed by atoms with van der Waals surface area (Å²) in [7, 11) is 0. The van der Waals surface area contributed by atoms with E-state index in [-0.39, 0.29) is 11.7 Å². The van der Waals surface area contributed by atoms with Crippen LogP contribution in [0.25, 0.3) is 0 Å². The smallest absolute Gasteiger partial charge is 0.329 e. The summed E-state index contributed by atoms with van der Waals surface area (Å²) in [6.07, 6.45) is 0.229. The van der Waals surface area contributed by atoms with Gasteiger partial charge in [-0.25, -0.2) is 4.79 Å². The summed E-state index contributed by atoms with van der Waals surface area (Å²) in [5.41, 5.74) is -1.07. The second kappa shape index (κ2) is 8.33. The highest BCUT2D eigenvalue weighted by Gasteiger charge is 2.33. The molecule has 3 unspecified atom stereocenters. The van der Waals surface area contributed by atoms with Crippen LogP contribution in [0.1, 0.15) is 45.2 Å². The summed E-state index contributed by atoms with van der Waals surface area (Å²) in [4.78, 5) is 36.0. The Morgan fingerprint density at radius 3 is 2.40 bits per heavy atom. The van der Waals surface area contributed by atoms with Crippen molar-refractivity contribution in [3.63, 3.8) is 0 Å². The Labute approximate surface area is 146 Å². The number of esters is 1. The highest BCUT2D eigenvalue weighted by atomic mass is 16.5. The van der Waals surface area contributed by atoms with Crippen LogP contribution in [0.4, 0.5) is 0 Å². The minimum absolute atomic E-state index is 0.0622. The van der Waals surface area contributed by atoms with Gasteiger partial charge in [-0.05, 0) is 38.8 Å². The lowest BCUT2D eigenvalue weighted by Crippen LogP contribution is -2.53. The summed E-state index contributed by atoms with van der Waals surface area (Å²) in [6.45, 7) is 8.02. The van der Waals surface area contributed by atoms with Gasteiger partial charge in [0.2, 0.25) is 0 Å². The molecule has 0 saturated heterocycles. The van der Waals surface area contributed by atoms with E-state index in [0.29, 0.717) is 0 Å². The third kappa shape index (κ3) is 5.35. The van der Waals surface area contributed by atoms with Crippen molar-refractivity contribution >= 4 is 17.8 Å². The molecule has 1 rings (SSSR count). The van der Waals surface area contributed by atoms with Crippen molar-refractivity contribution < 1.29 is 23.5 Å². The van der Waals surface area contributed by atoms with E-state index in [1.54, 1.807) is 26.8 Å². The Kier molecular flexibility index (Phi) is 6.74. The number of ether oxygens (including phenoxy) is 1. The van der Waals surface area contributed by atoms with E-state index in [9.17, 15) is 19.6 Å². The first-order valence-electron chi connectivity index (χ1n) is 7.89. The third-order valence-electron chi connectivity index (χ3n) is 3.88. The van der Waals surface area contributed by atoms with E-state index in [2.05, 4.69) is 10.6 Å². The van der Waals surface area contributed by atoms with E-state index in [1.807, 2.05) is 6.07 Å². The van der Waals surface area contributed by atoms with Gasteiger partial charge >= 0.3 is 5.97 Å². The maximum Gasteiger partial charge on any atom is 0.329 e. The fraction of sp³-hybridized carbons (Fsp3) is 0.529. The molecule has 8 nitrogen and oxygen atoms in total. The maximum atomic E-state index is 12.1. The third-order valence-corrected chi connectivity index (χ3v) is 3.88. The highest BCUT2D eigenvalue weighted by molar-refractivity contribution is 5.94. The molecule has 0 spiro atoms. The number of amides is 2. The van der Waals surface area contributed by atoms with Crippen molar-refractivity contribution in [1.82, 2.24) is 10.6 Å². The Balaban J connectivity index is 2.59. The van der Waals surface area contributed by atoms with Gasteiger partial charge in [0.25, 0.3) is 11.8 Å². The van der Waals surface area contributed by atoms with Crippen molar-refractivity contribution in [3.8, 4) is 6.07 Å². The monoisotopic (exact) mass is 349 g/mol. The number of nitrogens with one attached hydrogen (secondary N) is 2. The van der Waals surface area contributed by atoms with Crippen LogP contribution in [-0.2, 0) is 14.3 Å². The van der Waals surface area contributed by atoms with Crippen LogP contribution in [0.15, 0.2) is 22.8 Å². The zero-order valence-corrected chi connectivity index (χ0v) is 15.0. The van der Waals surface area contributed by atoms with Gasteiger partial charge < -0.3 is 19.8 Å². The number of furan rings is 1. The molecule has 0 fully saturated rings. The maximum absolute atomic E-state index is 12.1. The summed E-state index contributed by atoms with van der Waals surface area (Å²) in [5, 5.41) is 14.2. The molecular weight excluding hydrogens is 326 g/mol. The molecule has 1 heterocycles. The van der Waals surface area contributed by atoms with Crippen LogP contribution in [0.3, 0.4) is 0 Å². The van der Waals surface area contributed by atoms with Crippen LogP contribution in [-0.4, -0.2) is 35.5 Å². The molecule has 1 aromatic heterocycles. The molecule has 25 heavy (non-hydrogen) atoms. The van der Waals surface area contributed by atoms with Gasteiger partial charge in [-0.15, -0.1) is 0 Å². The SMILES string of the molecule is CC(NC(=O)c1ccco1)C(=O)OC(C)C(=O)NC(C)(C#N)C(C)C. The van der Waals surface area contributed by atoms with E-state index < -0.39 is 35.5 Å². The predicted molar refractivity (Wildman–Crippen MR) is 88.2 cm³/mol. The van der Waals surface area contributed by atoms with E-state index in [0.717, 1.165) is 0 Å². The molecule has 0 saturated carbocycles. The number of hydrogen-bond donors (Lipinski definition) is 2. The quantitative estimate of drug-likeness (QED) is 0.717. The minimum atomic E-state index is -1.11. The van der Waals surface area contributed by atoms with Crippen molar-refractivity contribution in [2.45, 2.75) is 52.3 Å². The molecule has 0 bridgehead atoms. The molecule has 0 aliphatic heterocycles. The fourth-order valence-corrected chi connectivity index (χ4v) is 1.72. The molecule has 3 atom stereocenters. The van der Waals surface area contributed by atoms with Gasteiger partial charge in [-0.1, -0.05) is 13.8 Å². The van der Waals surface area contributed by atoms with Crippen LogP contribution in [0, 0.1) is 17.2 Å². The number of carbonyl (C=O) groups is 3. The zero-order chi connectivity index (χ0) is 19.2. The number of rotatable bonds is 7. The number of hydrogen-bond acceptors (Lipinski definition) is 6. The van der Waals surface area contributed by atoms with E-state index in [1.165, 1.54) is 26.2 Å². The average Bonchev–Trinajstić information content (AvgIpc) is 3.08. The Hall–Kier alpha value is -2.82. The van der Waals surface area contributed by atoms with Crippen LogP contribution >= 0.6 is 0 Å². The Morgan fingerprint density at radius 2 is 1.92 bits per heavy atom. The average molecular weight is 349 g/mol. The standard InChI is InChI=1S/C17H23N3O5/c1-10(2)17(5,9-18)20-14(21)12(4)25-16(23)11(3)19-15(22)13-7-6-8-24-13/h6-8,10-12H,1-5H3,(H,19,22)(H,20,21). The van der Waals surface area contributed by atoms with Gasteiger partial charge in [-0.3, -0.25) is 9.59 Å². The molecule has 136 valence electrons. The van der Waals surface area contributed by atoms with Gasteiger partial charge in [0.15, 0.2) is 11.9 Å². The largest absolute Gasteiger partial charge is 0.459 e. The first kappa shape index (κ1) is 20.2. The molecule has 8 heteroatoms. The highest BCUT2D eigenvalue weighted by Crippen LogP contribution is 2.15. The summed E-state index contributed by atoms with van der Waals surface area (Å²) in [6, 6.07) is 4.07. The first-order valence-corrected chi connectivity index (χ1v) is 7.89.